The first kappa shape index (κ1) is 17.5. The fourth-order valence-corrected chi connectivity index (χ4v) is 3.12. The minimum atomic E-state index is -0.295. The second-order valence-corrected chi connectivity index (χ2v) is 6.15. The highest BCUT2D eigenvalue weighted by Gasteiger charge is 2.31. The molecule has 1 aromatic carbocycles. The van der Waals surface area contributed by atoms with Crippen molar-refractivity contribution in [2.45, 2.75) is 18.9 Å². The molecule has 0 spiro atoms. The molecule has 0 aromatic heterocycles. The summed E-state index contributed by atoms with van der Waals surface area (Å²) in [6, 6.07) is 7.23. The zero-order valence-electron chi connectivity index (χ0n) is 14.5. The Morgan fingerprint density at radius 3 is 2.44 bits per heavy atom. The second-order valence-electron chi connectivity index (χ2n) is 6.15. The van der Waals surface area contributed by atoms with Gasteiger partial charge in [0.15, 0.2) is 18.1 Å². The summed E-state index contributed by atoms with van der Waals surface area (Å²) >= 11 is 0. The average molecular weight is 348 g/mol. The van der Waals surface area contributed by atoms with Crippen LogP contribution in [-0.4, -0.2) is 74.2 Å². The van der Waals surface area contributed by atoms with Gasteiger partial charge in [0, 0.05) is 32.8 Å². The molecule has 7 heteroatoms. The van der Waals surface area contributed by atoms with Crippen molar-refractivity contribution in [2.24, 2.45) is 0 Å². The monoisotopic (exact) mass is 348 g/mol. The predicted octanol–water partition coefficient (Wildman–Crippen LogP) is 0.924. The van der Waals surface area contributed by atoms with Crippen LogP contribution in [0.3, 0.4) is 0 Å². The molecule has 3 rings (SSSR count). The van der Waals surface area contributed by atoms with Crippen molar-refractivity contribution in [2.75, 3.05) is 46.5 Å². The predicted molar refractivity (Wildman–Crippen MR) is 90.6 cm³/mol. The molecular formula is C18H24N2O5. The van der Waals surface area contributed by atoms with Crippen LogP contribution in [0.25, 0.3) is 0 Å². The van der Waals surface area contributed by atoms with E-state index in [4.69, 9.17) is 14.2 Å². The topological polar surface area (TPSA) is 68.3 Å². The highest BCUT2D eigenvalue weighted by atomic mass is 16.5. The second kappa shape index (κ2) is 8.20. The van der Waals surface area contributed by atoms with Gasteiger partial charge in [0.2, 0.25) is 0 Å². The van der Waals surface area contributed by atoms with E-state index < -0.39 is 0 Å². The Morgan fingerprint density at radius 2 is 1.80 bits per heavy atom. The normalized spacial score (nSPS) is 20.4. The molecular weight excluding hydrogens is 324 g/mol. The summed E-state index contributed by atoms with van der Waals surface area (Å²) in [6.45, 7) is 2.74. The minimum Gasteiger partial charge on any atom is -0.493 e. The maximum atomic E-state index is 12.3. The Bertz CT molecular complexity index is 607. The number of amides is 2. The zero-order valence-corrected chi connectivity index (χ0v) is 14.5. The van der Waals surface area contributed by atoms with Gasteiger partial charge in [0.25, 0.3) is 11.8 Å². The molecule has 1 aromatic rings. The van der Waals surface area contributed by atoms with E-state index in [2.05, 4.69) is 0 Å². The van der Waals surface area contributed by atoms with Crippen molar-refractivity contribution in [1.82, 2.24) is 9.80 Å². The zero-order chi connectivity index (χ0) is 17.6. The molecule has 0 N–H and O–H groups in total. The maximum absolute atomic E-state index is 12.3. The first-order valence-corrected chi connectivity index (χ1v) is 8.63. The lowest BCUT2D eigenvalue weighted by Gasteiger charge is -2.35. The van der Waals surface area contributed by atoms with Crippen molar-refractivity contribution >= 4 is 11.8 Å². The van der Waals surface area contributed by atoms with Crippen LogP contribution in [0.15, 0.2) is 24.3 Å². The molecule has 7 nitrogen and oxygen atoms in total. The molecule has 25 heavy (non-hydrogen) atoms. The number of piperazine rings is 1. The summed E-state index contributed by atoms with van der Waals surface area (Å²) in [5.41, 5.74) is 0. The number of ether oxygens (including phenoxy) is 3. The Morgan fingerprint density at radius 1 is 1.12 bits per heavy atom. The number of hydrogen-bond donors (Lipinski definition) is 0. The van der Waals surface area contributed by atoms with E-state index in [0.29, 0.717) is 44.3 Å². The van der Waals surface area contributed by atoms with Gasteiger partial charge in [0.1, 0.15) is 6.10 Å². The van der Waals surface area contributed by atoms with E-state index in [1.54, 1.807) is 29.0 Å². The third-order valence-corrected chi connectivity index (χ3v) is 4.57. The molecule has 2 aliphatic rings. The van der Waals surface area contributed by atoms with Gasteiger partial charge in [0.05, 0.1) is 7.11 Å². The van der Waals surface area contributed by atoms with Gasteiger partial charge in [-0.1, -0.05) is 12.1 Å². The number of carbonyl (C=O) groups excluding carboxylic acids is 2. The lowest BCUT2D eigenvalue weighted by Crippen LogP contribution is -2.53. The number of rotatable bonds is 5. The Hall–Kier alpha value is -2.28. The van der Waals surface area contributed by atoms with Crippen LogP contribution >= 0.6 is 0 Å². The molecule has 1 unspecified atom stereocenters. The van der Waals surface area contributed by atoms with E-state index in [9.17, 15) is 9.59 Å². The summed E-state index contributed by atoms with van der Waals surface area (Å²) in [7, 11) is 1.56. The van der Waals surface area contributed by atoms with Crippen LogP contribution in [0.1, 0.15) is 12.8 Å². The molecule has 0 bridgehead atoms. The third-order valence-electron chi connectivity index (χ3n) is 4.57. The molecule has 2 fully saturated rings. The first-order valence-electron chi connectivity index (χ1n) is 8.63. The summed E-state index contributed by atoms with van der Waals surface area (Å²) in [4.78, 5) is 28.2. The van der Waals surface area contributed by atoms with Crippen LogP contribution in [0.5, 0.6) is 11.5 Å². The van der Waals surface area contributed by atoms with E-state index in [1.807, 2.05) is 12.1 Å². The molecule has 2 aliphatic heterocycles. The van der Waals surface area contributed by atoms with E-state index >= 15 is 0 Å². The standard InChI is InChI=1S/C18H24N2O5/c1-23-14-5-2-3-6-15(14)25-13-17(21)19-8-10-20(11-9-19)18(22)16-7-4-12-24-16/h2-3,5-6,16H,4,7-13H2,1H3. The number of benzene rings is 1. The lowest BCUT2D eigenvalue weighted by atomic mass is 10.2. The van der Waals surface area contributed by atoms with Gasteiger partial charge in [-0.2, -0.15) is 0 Å². The van der Waals surface area contributed by atoms with Crippen LogP contribution in [0.4, 0.5) is 0 Å². The van der Waals surface area contributed by atoms with Crippen molar-refractivity contribution in [3.8, 4) is 11.5 Å². The van der Waals surface area contributed by atoms with E-state index in [0.717, 1.165) is 12.8 Å². The number of carbonyl (C=O) groups is 2. The van der Waals surface area contributed by atoms with Gasteiger partial charge >= 0.3 is 0 Å². The fraction of sp³-hybridized carbons (Fsp3) is 0.556. The van der Waals surface area contributed by atoms with Gasteiger partial charge in [-0.25, -0.2) is 0 Å². The minimum absolute atomic E-state index is 0.0416. The molecule has 0 aliphatic carbocycles. The summed E-state index contributed by atoms with van der Waals surface area (Å²) in [6.07, 6.45) is 1.44. The Kier molecular flexibility index (Phi) is 5.75. The van der Waals surface area contributed by atoms with Crippen LogP contribution in [-0.2, 0) is 14.3 Å². The van der Waals surface area contributed by atoms with Crippen LogP contribution in [0, 0.1) is 0 Å². The smallest absolute Gasteiger partial charge is 0.260 e. The molecule has 2 heterocycles. The first-order chi connectivity index (χ1) is 12.2. The highest BCUT2D eigenvalue weighted by Crippen LogP contribution is 2.25. The Balaban J connectivity index is 1.46. The molecule has 0 saturated carbocycles. The molecule has 136 valence electrons. The van der Waals surface area contributed by atoms with E-state index in [1.165, 1.54) is 0 Å². The lowest BCUT2D eigenvalue weighted by molar-refractivity contribution is -0.146. The SMILES string of the molecule is COc1ccccc1OCC(=O)N1CCN(C(=O)C2CCCO2)CC1. The molecule has 2 saturated heterocycles. The third kappa shape index (κ3) is 4.22. The van der Waals surface area contributed by atoms with Crippen molar-refractivity contribution in [3.63, 3.8) is 0 Å². The number of methoxy groups -OCH3 is 1. The van der Waals surface area contributed by atoms with Crippen LogP contribution in [0.2, 0.25) is 0 Å². The molecule has 0 radical (unpaired) electrons. The van der Waals surface area contributed by atoms with Gasteiger partial charge in [-0.05, 0) is 25.0 Å². The van der Waals surface area contributed by atoms with Crippen LogP contribution < -0.4 is 9.47 Å². The average Bonchev–Trinajstić information content (AvgIpc) is 3.20. The Labute approximate surface area is 147 Å². The van der Waals surface area contributed by atoms with Gasteiger partial charge in [-0.3, -0.25) is 9.59 Å². The van der Waals surface area contributed by atoms with Crippen molar-refractivity contribution in [1.29, 1.82) is 0 Å². The summed E-state index contributed by atoms with van der Waals surface area (Å²) in [5, 5.41) is 0. The molecule has 1 atom stereocenters. The van der Waals surface area contributed by atoms with Gasteiger partial charge in [-0.15, -0.1) is 0 Å². The summed E-state index contributed by atoms with van der Waals surface area (Å²) in [5.74, 6) is 1.11. The highest BCUT2D eigenvalue weighted by molar-refractivity contribution is 5.82. The maximum Gasteiger partial charge on any atom is 0.260 e. The largest absolute Gasteiger partial charge is 0.493 e. The quantitative estimate of drug-likeness (QED) is 0.792. The van der Waals surface area contributed by atoms with Crippen molar-refractivity contribution < 1.29 is 23.8 Å². The number of hydrogen-bond acceptors (Lipinski definition) is 5. The fourth-order valence-electron chi connectivity index (χ4n) is 3.12. The van der Waals surface area contributed by atoms with E-state index in [-0.39, 0.29) is 24.5 Å². The summed E-state index contributed by atoms with van der Waals surface area (Å²) < 4.78 is 16.2. The number of para-hydroxylation sites is 2. The van der Waals surface area contributed by atoms with Crippen molar-refractivity contribution in [3.05, 3.63) is 24.3 Å². The number of nitrogens with zero attached hydrogens (tertiary/aromatic N) is 2. The molecule has 2 amide bonds. The van der Waals surface area contributed by atoms with Gasteiger partial charge < -0.3 is 24.0 Å².